The minimum atomic E-state index is 0.877. The van der Waals surface area contributed by atoms with E-state index in [1.807, 2.05) is 12.3 Å². The number of hydrogen-bond donors (Lipinski definition) is 2. The van der Waals surface area contributed by atoms with Crippen LogP contribution in [0.15, 0.2) is 18.3 Å². The third kappa shape index (κ3) is 1.51. The molecule has 2 aliphatic rings. The smallest absolute Gasteiger partial charge is 0.249 e. The molecule has 1 aromatic heterocycles. The lowest BCUT2D eigenvalue weighted by Crippen LogP contribution is -2.32. The molecule has 0 aromatic carbocycles. The van der Waals surface area contributed by atoms with Crippen LogP contribution in [0.4, 0.5) is 11.5 Å². The number of nitrogens with one attached hydrogen (secondary N) is 2. The van der Waals surface area contributed by atoms with E-state index in [4.69, 9.17) is 0 Å². The first-order valence-electron chi connectivity index (χ1n) is 5.47. The third-order valence-corrected chi connectivity index (χ3v) is 3.04. The first-order valence-corrected chi connectivity index (χ1v) is 5.47. The second-order valence-corrected chi connectivity index (χ2v) is 3.95. The van der Waals surface area contributed by atoms with E-state index >= 15 is 0 Å². The lowest BCUT2D eigenvalue weighted by atomic mass is 10.1. The van der Waals surface area contributed by atoms with Gasteiger partial charge in [-0.3, -0.25) is 0 Å². The monoisotopic (exact) mass is 203 g/mol. The van der Waals surface area contributed by atoms with Crippen molar-refractivity contribution in [2.45, 2.75) is 12.8 Å². The topological polar surface area (TPSA) is 40.0 Å². The number of fused-ring (bicyclic) bond motifs is 1. The molecule has 1 aromatic rings. The minimum Gasteiger partial charge on any atom is -0.316 e. The Hall–Kier alpha value is -1.42. The Labute approximate surface area is 89.0 Å². The molecule has 0 amide bonds. The van der Waals surface area contributed by atoms with Crippen molar-refractivity contribution in [3.63, 3.8) is 0 Å². The number of rotatable bonds is 0. The van der Waals surface area contributed by atoms with Gasteiger partial charge in [-0.25, -0.2) is 4.98 Å². The summed E-state index contributed by atoms with van der Waals surface area (Å²) in [6, 6.07) is 4.14. The molecule has 0 atom stereocenters. The number of hydrogen-bond acceptors (Lipinski definition) is 3. The summed E-state index contributed by atoms with van der Waals surface area (Å²) in [5.41, 5.74) is 2.75. The van der Waals surface area contributed by atoms with Crippen LogP contribution in [0.25, 0.3) is 0 Å². The van der Waals surface area contributed by atoms with E-state index in [1.54, 1.807) is 0 Å². The van der Waals surface area contributed by atoms with Gasteiger partial charge in [-0.2, -0.15) is 4.58 Å². The average molecular weight is 203 g/mol. The molecule has 2 N–H and O–H groups in total. The molecule has 0 aliphatic carbocycles. The van der Waals surface area contributed by atoms with Gasteiger partial charge in [0.25, 0.3) is 0 Å². The maximum Gasteiger partial charge on any atom is 0.249 e. The first-order chi connectivity index (χ1) is 7.45. The maximum atomic E-state index is 4.32. The summed E-state index contributed by atoms with van der Waals surface area (Å²) in [6.45, 7) is 3.07. The largest absolute Gasteiger partial charge is 0.316 e. The van der Waals surface area contributed by atoms with Crippen molar-refractivity contribution >= 4 is 17.2 Å². The van der Waals surface area contributed by atoms with E-state index in [9.17, 15) is 0 Å². The fourth-order valence-electron chi connectivity index (χ4n) is 2.26. The Morgan fingerprint density at radius 2 is 2.13 bits per heavy atom. The summed E-state index contributed by atoms with van der Waals surface area (Å²) in [7, 11) is 0. The Morgan fingerprint density at radius 1 is 1.27 bits per heavy atom. The Bertz CT molecular complexity index is 403. The molecular formula is C11H15N4+. The van der Waals surface area contributed by atoms with Crippen molar-refractivity contribution in [1.29, 1.82) is 0 Å². The summed E-state index contributed by atoms with van der Waals surface area (Å²) in [5, 5.41) is 6.70. The van der Waals surface area contributed by atoms with Gasteiger partial charge in [0.05, 0.1) is 0 Å². The molecule has 0 radical (unpaired) electrons. The Morgan fingerprint density at radius 3 is 3.00 bits per heavy atom. The number of piperidine rings is 1. The van der Waals surface area contributed by atoms with Crippen LogP contribution in [-0.2, 0) is 0 Å². The number of nitrogens with zero attached hydrogens (tertiary/aromatic N) is 2. The molecule has 0 unspecified atom stereocenters. The second-order valence-electron chi connectivity index (χ2n) is 3.95. The van der Waals surface area contributed by atoms with E-state index in [-0.39, 0.29) is 0 Å². The molecule has 1 fully saturated rings. The number of aromatic nitrogens is 1. The van der Waals surface area contributed by atoms with Crippen LogP contribution in [0.2, 0.25) is 0 Å². The fraction of sp³-hybridized carbons (Fsp3) is 0.455. The van der Waals surface area contributed by atoms with E-state index < -0.39 is 0 Å². The summed E-state index contributed by atoms with van der Waals surface area (Å²) in [4.78, 5) is 4.32. The van der Waals surface area contributed by atoms with Gasteiger partial charge < -0.3 is 10.6 Å². The molecule has 4 nitrogen and oxygen atoms in total. The van der Waals surface area contributed by atoms with Crippen LogP contribution >= 0.6 is 0 Å². The molecule has 3 rings (SSSR count). The first kappa shape index (κ1) is 8.85. The highest BCUT2D eigenvalue weighted by Crippen LogP contribution is 2.27. The van der Waals surface area contributed by atoms with Crippen LogP contribution in [0.5, 0.6) is 0 Å². The van der Waals surface area contributed by atoms with Crippen LogP contribution < -0.4 is 10.6 Å². The lowest BCUT2D eigenvalue weighted by Gasteiger charge is -2.12. The fourth-order valence-corrected chi connectivity index (χ4v) is 2.26. The molecule has 1 saturated heterocycles. The summed E-state index contributed by atoms with van der Waals surface area (Å²) < 4.78 is 2.36. The van der Waals surface area contributed by atoms with E-state index in [1.165, 1.54) is 11.4 Å². The average Bonchev–Trinajstić information content (AvgIpc) is 2.74. The van der Waals surface area contributed by atoms with Crippen LogP contribution in [0, 0.1) is 0 Å². The molecule has 0 bridgehead atoms. The van der Waals surface area contributed by atoms with Crippen molar-refractivity contribution in [2.24, 2.45) is 0 Å². The predicted octanol–water partition coefficient (Wildman–Crippen LogP) is 0.933. The highest BCUT2D eigenvalue weighted by atomic mass is 15.2. The number of anilines is 1. The molecule has 0 saturated carbocycles. The molecule has 4 heteroatoms. The molecule has 15 heavy (non-hydrogen) atoms. The lowest BCUT2D eigenvalue weighted by molar-refractivity contribution is -0.427. The Kier molecular flexibility index (Phi) is 2.14. The van der Waals surface area contributed by atoms with Crippen molar-refractivity contribution < 1.29 is 4.58 Å². The normalized spacial score (nSPS) is 20.0. The molecule has 2 aliphatic heterocycles. The van der Waals surface area contributed by atoms with Gasteiger partial charge in [0.1, 0.15) is 0 Å². The van der Waals surface area contributed by atoms with Gasteiger partial charge in [-0.15, -0.1) is 0 Å². The van der Waals surface area contributed by atoms with Crippen LogP contribution in [0.3, 0.4) is 0 Å². The maximum absolute atomic E-state index is 4.32. The summed E-state index contributed by atoms with van der Waals surface area (Å²) in [5.74, 6) is 1.02. The SMILES string of the molecule is c1cnc2c(c1)[N+](=C1CCNCC1)CN2. The van der Waals surface area contributed by atoms with Gasteiger partial charge in [0.2, 0.25) is 18.2 Å². The second kappa shape index (κ2) is 3.62. The van der Waals surface area contributed by atoms with E-state index in [0.717, 1.165) is 38.4 Å². The van der Waals surface area contributed by atoms with E-state index in [0.29, 0.717) is 0 Å². The summed E-state index contributed by atoms with van der Waals surface area (Å²) >= 11 is 0. The van der Waals surface area contributed by atoms with Crippen molar-refractivity contribution in [1.82, 2.24) is 10.3 Å². The minimum absolute atomic E-state index is 0.877. The van der Waals surface area contributed by atoms with E-state index in [2.05, 4.69) is 26.3 Å². The quantitative estimate of drug-likeness (QED) is 0.616. The van der Waals surface area contributed by atoms with Gasteiger partial charge >= 0.3 is 0 Å². The molecule has 3 heterocycles. The molecule has 78 valence electrons. The van der Waals surface area contributed by atoms with Gasteiger partial charge in [-0.1, -0.05) is 0 Å². The van der Waals surface area contributed by atoms with Gasteiger partial charge in [0.15, 0.2) is 5.71 Å². The zero-order valence-corrected chi connectivity index (χ0v) is 8.66. The van der Waals surface area contributed by atoms with Crippen LogP contribution in [0.1, 0.15) is 12.8 Å². The summed E-state index contributed by atoms with van der Waals surface area (Å²) in [6.07, 6.45) is 4.13. The van der Waals surface area contributed by atoms with Gasteiger partial charge in [0, 0.05) is 38.2 Å². The van der Waals surface area contributed by atoms with Crippen molar-refractivity contribution in [3.05, 3.63) is 18.3 Å². The number of pyridine rings is 1. The molecular weight excluding hydrogens is 188 g/mol. The predicted molar refractivity (Wildman–Crippen MR) is 59.8 cm³/mol. The van der Waals surface area contributed by atoms with Gasteiger partial charge in [-0.05, 0) is 6.07 Å². The molecule has 0 spiro atoms. The Balaban J connectivity index is 2.01. The van der Waals surface area contributed by atoms with Crippen molar-refractivity contribution in [3.8, 4) is 0 Å². The highest BCUT2D eigenvalue weighted by Gasteiger charge is 2.28. The standard InChI is InChI=1S/C11H15N4/c1-2-10-11(13-5-1)14-8-15(10)9-3-6-12-7-4-9/h1-2,5,12H,3-4,6-8H2,(H,13,14)/q+1. The third-order valence-electron chi connectivity index (χ3n) is 3.04. The van der Waals surface area contributed by atoms with Crippen LogP contribution in [-0.4, -0.2) is 35.0 Å². The van der Waals surface area contributed by atoms with Crippen molar-refractivity contribution in [2.75, 3.05) is 25.1 Å². The zero-order valence-electron chi connectivity index (χ0n) is 8.66. The highest BCUT2D eigenvalue weighted by molar-refractivity contribution is 5.83. The zero-order chi connectivity index (χ0) is 10.1.